The molecule has 0 spiro atoms. The van der Waals surface area contributed by atoms with Crippen molar-refractivity contribution in [2.45, 2.75) is 26.4 Å². The average Bonchev–Trinajstić information content (AvgIpc) is 2.36. The number of pyridine rings is 1. The van der Waals surface area contributed by atoms with Crippen LogP contribution in [-0.2, 0) is 4.74 Å². The molecular formula is C15H20BrN3O3. The number of aromatic nitrogens is 1. The number of carbonyl (C=O) groups is 2. The van der Waals surface area contributed by atoms with Crippen LogP contribution in [-0.4, -0.2) is 42.6 Å². The molecule has 1 N–H and O–H groups in total. The van der Waals surface area contributed by atoms with Crippen molar-refractivity contribution in [2.24, 2.45) is 5.92 Å². The van der Waals surface area contributed by atoms with Crippen molar-refractivity contribution in [3.8, 4) is 0 Å². The molecule has 1 aliphatic rings. The lowest BCUT2D eigenvalue weighted by Crippen LogP contribution is -2.52. The van der Waals surface area contributed by atoms with E-state index < -0.39 is 11.7 Å². The number of halogens is 1. The lowest BCUT2D eigenvalue weighted by atomic mass is 9.98. The molecule has 0 aliphatic carbocycles. The monoisotopic (exact) mass is 369 g/mol. The van der Waals surface area contributed by atoms with E-state index in [0.29, 0.717) is 18.0 Å². The van der Waals surface area contributed by atoms with Crippen LogP contribution >= 0.6 is 15.9 Å². The van der Waals surface area contributed by atoms with Gasteiger partial charge in [-0.25, -0.2) is 4.79 Å². The molecule has 1 saturated heterocycles. The van der Waals surface area contributed by atoms with Crippen LogP contribution in [0.5, 0.6) is 0 Å². The lowest BCUT2D eigenvalue weighted by molar-refractivity contribution is 0.0516. The summed E-state index contributed by atoms with van der Waals surface area (Å²) >= 11 is 3.43. The van der Waals surface area contributed by atoms with Gasteiger partial charge in [0, 0.05) is 37.9 Å². The van der Waals surface area contributed by atoms with Crippen LogP contribution in [0.1, 0.15) is 31.1 Å². The minimum atomic E-state index is -0.490. The number of nitrogens with zero attached hydrogens (tertiary/aromatic N) is 2. The van der Waals surface area contributed by atoms with Crippen LogP contribution in [0.25, 0.3) is 0 Å². The first kappa shape index (κ1) is 16.7. The molecule has 7 heteroatoms. The number of hydrogen-bond acceptors (Lipinski definition) is 5. The van der Waals surface area contributed by atoms with Gasteiger partial charge in [-0.2, -0.15) is 0 Å². The van der Waals surface area contributed by atoms with Crippen LogP contribution in [0.15, 0.2) is 16.9 Å². The van der Waals surface area contributed by atoms with Crippen LogP contribution in [0, 0.1) is 5.92 Å². The minimum absolute atomic E-state index is 0.340. The Kier molecular flexibility index (Phi) is 5.05. The van der Waals surface area contributed by atoms with Crippen molar-refractivity contribution in [1.82, 2.24) is 10.3 Å². The highest BCUT2D eigenvalue weighted by atomic mass is 79.9. The van der Waals surface area contributed by atoms with Gasteiger partial charge in [0.1, 0.15) is 5.60 Å². The number of ether oxygens (including phenoxy) is 1. The summed E-state index contributed by atoms with van der Waals surface area (Å²) in [7, 11) is 0. The smallest absolute Gasteiger partial charge is 0.407 e. The third-order valence-electron chi connectivity index (χ3n) is 3.24. The number of nitrogens with one attached hydrogen (secondary N) is 1. The maximum Gasteiger partial charge on any atom is 0.407 e. The fourth-order valence-electron chi connectivity index (χ4n) is 2.29. The summed E-state index contributed by atoms with van der Waals surface area (Å²) in [6.45, 7) is 7.61. The highest BCUT2D eigenvalue weighted by Crippen LogP contribution is 2.33. The zero-order valence-electron chi connectivity index (χ0n) is 12.9. The number of alkyl carbamates (subject to hydrolysis) is 1. The first-order chi connectivity index (χ1) is 10.3. The first-order valence-corrected chi connectivity index (χ1v) is 7.90. The Morgan fingerprint density at radius 3 is 2.77 bits per heavy atom. The zero-order valence-corrected chi connectivity index (χ0v) is 14.5. The Balaban J connectivity index is 1.84. The summed E-state index contributed by atoms with van der Waals surface area (Å²) < 4.78 is 6.00. The number of rotatable bonds is 4. The van der Waals surface area contributed by atoms with E-state index >= 15 is 0 Å². The Morgan fingerprint density at radius 1 is 1.50 bits per heavy atom. The molecule has 1 fully saturated rings. The Bertz CT molecular complexity index is 566. The van der Waals surface area contributed by atoms with E-state index in [0.717, 1.165) is 29.5 Å². The Hall–Kier alpha value is -1.63. The van der Waals surface area contributed by atoms with Gasteiger partial charge in [0.15, 0.2) is 6.29 Å². The second-order valence-corrected chi connectivity index (χ2v) is 7.19. The number of aldehydes is 1. The molecule has 22 heavy (non-hydrogen) atoms. The van der Waals surface area contributed by atoms with E-state index in [1.807, 2.05) is 20.8 Å². The van der Waals surface area contributed by atoms with Gasteiger partial charge in [-0.1, -0.05) is 0 Å². The van der Waals surface area contributed by atoms with E-state index in [9.17, 15) is 9.59 Å². The molecule has 0 bridgehead atoms. The molecule has 120 valence electrons. The van der Waals surface area contributed by atoms with Crippen LogP contribution in [0.2, 0.25) is 0 Å². The number of hydrogen-bond donors (Lipinski definition) is 1. The summed E-state index contributed by atoms with van der Waals surface area (Å²) in [5.74, 6) is 0.340. The molecule has 1 aromatic heterocycles. The second-order valence-electron chi connectivity index (χ2n) is 6.33. The van der Waals surface area contributed by atoms with E-state index in [4.69, 9.17) is 4.74 Å². The normalized spacial score (nSPS) is 15.2. The Morgan fingerprint density at radius 2 is 2.18 bits per heavy atom. The molecule has 0 radical (unpaired) electrons. The SMILES string of the molecule is CC(C)(C)OC(=O)NCC1CN(c2c(Br)cncc2C=O)C1. The van der Waals surface area contributed by atoms with Gasteiger partial charge in [0.05, 0.1) is 15.7 Å². The summed E-state index contributed by atoms with van der Waals surface area (Å²) in [6.07, 6.45) is 3.64. The Labute approximate surface area is 138 Å². The van der Waals surface area contributed by atoms with Crippen molar-refractivity contribution >= 4 is 34.0 Å². The quantitative estimate of drug-likeness (QED) is 0.825. The highest BCUT2D eigenvalue weighted by Gasteiger charge is 2.30. The largest absolute Gasteiger partial charge is 0.444 e. The molecule has 0 atom stereocenters. The number of amides is 1. The molecular weight excluding hydrogens is 350 g/mol. The molecule has 2 rings (SSSR count). The van der Waals surface area contributed by atoms with Crippen molar-refractivity contribution < 1.29 is 14.3 Å². The molecule has 0 unspecified atom stereocenters. The highest BCUT2D eigenvalue weighted by molar-refractivity contribution is 9.10. The van der Waals surface area contributed by atoms with Crippen molar-refractivity contribution in [3.05, 3.63) is 22.4 Å². The van der Waals surface area contributed by atoms with E-state index in [1.165, 1.54) is 0 Å². The van der Waals surface area contributed by atoms with E-state index in [-0.39, 0.29) is 0 Å². The molecule has 2 heterocycles. The third-order valence-corrected chi connectivity index (χ3v) is 3.82. The lowest BCUT2D eigenvalue weighted by Gasteiger charge is -2.42. The van der Waals surface area contributed by atoms with Gasteiger partial charge in [0.25, 0.3) is 0 Å². The molecule has 1 aliphatic heterocycles. The van der Waals surface area contributed by atoms with Gasteiger partial charge < -0.3 is 15.0 Å². The van der Waals surface area contributed by atoms with Crippen LogP contribution in [0.4, 0.5) is 10.5 Å². The van der Waals surface area contributed by atoms with Gasteiger partial charge in [0.2, 0.25) is 0 Å². The number of anilines is 1. The van der Waals surface area contributed by atoms with Crippen molar-refractivity contribution in [3.63, 3.8) is 0 Å². The van der Waals surface area contributed by atoms with Crippen molar-refractivity contribution in [1.29, 1.82) is 0 Å². The fraction of sp³-hybridized carbons (Fsp3) is 0.533. The van der Waals surface area contributed by atoms with E-state index in [2.05, 4.69) is 31.1 Å². The summed E-state index contributed by atoms with van der Waals surface area (Å²) in [4.78, 5) is 28.8. The van der Waals surface area contributed by atoms with Gasteiger partial charge in [-0.3, -0.25) is 9.78 Å². The fourth-order valence-corrected chi connectivity index (χ4v) is 2.88. The number of carbonyl (C=O) groups excluding carboxylic acids is 2. The summed E-state index contributed by atoms with van der Waals surface area (Å²) in [5.41, 5.74) is 0.933. The van der Waals surface area contributed by atoms with Gasteiger partial charge in [-0.15, -0.1) is 0 Å². The molecule has 6 nitrogen and oxygen atoms in total. The predicted octanol–water partition coefficient (Wildman–Crippen LogP) is 2.62. The standard InChI is InChI=1S/C15H20BrN3O3/c1-15(2,3)22-14(21)18-4-10-7-19(8-10)13-11(9-20)5-17-6-12(13)16/h5-6,9-10H,4,7-8H2,1-3H3,(H,18,21). The second kappa shape index (κ2) is 6.64. The summed E-state index contributed by atoms with van der Waals surface area (Å²) in [5, 5.41) is 2.77. The molecule has 0 saturated carbocycles. The summed E-state index contributed by atoms with van der Waals surface area (Å²) in [6, 6.07) is 0. The average molecular weight is 370 g/mol. The molecule has 1 amide bonds. The van der Waals surface area contributed by atoms with E-state index in [1.54, 1.807) is 12.4 Å². The minimum Gasteiger partial charge on any atom is -0.444 e. The van der Waals surface area contributed by atoms with Gasteiger partial charge in [-0.05, 0) is 36.7 Å². The maximum absolute atomic E-state index is 11.6. The molecule has 0 aromatic carbocycles. The van der Waals surface area contributed by atoms with Gasteiger partial charge >= 0.3 is 6.09 Å². The first-order valence-electron chi connectivity index (χ1n) is 7.10. The topological polar surface area (TPSA) is 71.5 Å². The molecule has 1 aromatic rings. The van der Waals surface area contributed by atoms with Crippen molar-refractivity contribution in [2.75, 3.05) is 24.5 Å². The van der Waals surface area contributed by atoms with Crippen LogP contribution < -0.4 is 10.2 Å². The van der Waals surface area contributed by atoms with Crippen LogP contribution in [0.3, 0.4) is 0 Å². The zero-order chi connectivity index (χ0) is 16.3. The predicted molar refractivity (Wildman–Crippen MR) is 87.3 cm³/mol. The maximum atomic E-state index is 11.6. The third kappa shape index (κ3) is 4.19.